The fourth-order valence-electron chi connectivity index (χ4n) is 3.24. The molecule has 0 N–H and O–H groups in total. The van der Waals surface area contributed by atoms with Crippen molar-refractivity contribution >= 4 is 22.8 Å². The first-order chi connectivity index (χ1) is 12.0. The number of fused-ring (bicyclic) bond motifs is 1. The number of nitrogens with zero attached hydrogens (tertiary/aromatic N) is 2. The van der Waals surface area contributed by atoms with Gasteiger partial charge in [0.1, 0.15) is 5.75 Å². The second kappa shape index (κ2) is 7.09. The molecule has 0 aliphatic carbocycles. The molecule has 1 aliphatic rings. The Morgan fingerprint density at radius 1 is 1.16 bits per heavy atom. The van der Waals surface area contributed by atoms with Gasteiger partial charge in [0.25, 0.3) is 5.91 Å². The second-order valence-corrected chi connectivity index (χ2v) is 6.27. The summed E-state index contributed by atoms with van der Waals surface area (Å²) < 4.78 is 10.0. The Labute approximate surface area is 146 Å². The summed E-state index contributed by atoms with van der Waals surface area (Å²) in [6.45, 7) is 2.95. The highest BCUT2D eigenvalue weighted by atomic mass is 16.5. The normalized spacial score (nSPS) is 15.2. The maximum atomic E-state index is 12.9. The molecule has 1 fully saturated rings. The van der Waals surface area contributed by atoms with Crippen molar-refractivity contribution in [3.05, 3.63) is 35.5 Å². The quantitative estimate of drug-likeness (QED) is 0.802. The summed E-state index contributed by atoms with van der Waals surface area (Å²) in [5.74, 6) is 0.399. The standard InChI is InChI=1S/C19H22N2O4/c1-12-16(10-14-4-5-15(24-2)11-17(14)20-12)18(22)21-8-6-13(7-9-21)19(23)25-3/h4-5,10-11,13H,6-9H2,1-3H3. The number of aromatic nitrogens is 1. The number of aryl methyl sites for hydroxylation is 1. The van der Waals surface area contributed by atoms with E-state index in [-0.39, 0.29) is 17.8 Å². The molecule has 2 aromatic rings. The highest BCUT2D eigenvalue weighted by molar-refractivity contribution is 5.99. The maximum absolute atomic E-state index is 12.9. The predicted octanol–water partition coefficient (Wildman–Crippen LogP) is 2.58. The lowest BCUT2D eigenvalue weighted by atomic mass is 9.96. The van der Waals surface area contributed by atoms with Crippen LogP contribution in [0.5, 0.6) is 5.75 Å². The molecule has 2 heterocycles. The number of esters is 1. The number of ether oxygens (including phenoxy) is 2. The number of methoxy groups -OCH3 is 2. The van der Waals surface area contributed by atoms with E-state index in [9.17, 15) is 9.59 Å². The topological polar surface area (TPSA) is 68.7 Å². The molecule has 6 nitrogen and oxygen atoms in total. The average molecular weight is 342 g/mol. The third kappa shape index (κ3) is 3.43. The number of amides is 1. The van der Waals surface area contributed by atoms with Gasteiger partial charge in [0, 0.05) is 24.5 Å². The molecule has 0 atom stereocenters. The first-order valence-electron chi connectivity index (χ1n) is 8.36. The Bertz CT molecular complexity index is 810. The zero-order valence-electron chi connectivity index (χ0n) is 14.7. The Morgan fingerprint density at radius 2 is 1.88 bits per heavy atom. The van der Waals surface area contributed by atoms with Gasteiger partial charge in [0.05, 0.1) is 36.9 Å². The third-order valence-electron chi connectivity index (χ3n) is 4.76. The number of likely N-dealkylation sites (tertiary alicyclic amines) is 1. The second-order valence-electron chi connectivity index (χ2n) is 6.27. The van der Waals surface area contributed by atoms with E-state index in [1.807, 2.05) is 31.2 Å². The molecular formula is C19H22N2O4. The Hall–Kier alpha value is -2.63. The van der Waals surface area contributed by atoms with Crippen LogP contribution in [0.15, 0.2) is 24.3 Å². The molecule has 0 radical (unpaired) electrons. The molecule has 1 aromatic carbocycles. The highest BCUT2D eigenvalue weighted by Gasteiger charge is 2.29. The molecule has 0 unspecified atom stereocenters. The number of piperidine rings is 1. The number of hydrogen-bond acceptors (Lipinski definition) is 5. The molecule has 1 aliphatic heterocycles. The van der Waals surface area contributed by atoms with Gasteiger partial charge in [0.2, 0.25) is 0 Å². The van der Waals surface area contributed by atoms with Crippen molar-refractivity contribution in [3.8, 4) is 5.75 Å². The SMILES string of the molecule is COC(=O)C1CCN(C(=O)c2cc3ccc(OC)cc3nc2C)CC1. The van der Waals surface area contributed by atoms with E-state index >= 15 is 0 Å². The highest BCUT2D eigenvalue weighted by Crippen LogP contribution is 2.24. The minimum Gasteiger partial charge on any atom is -0.497 e. The average Bonchev–Trinajstić information content (AvgIpc) is 2.65. The molecule has 6 heteroatoms. The molecule has 1 saturated heterocycles. The van der Waals surface area contributed by atoms with Crippen molar-refractivity contribution in [2.24, 2.45) is 5.92 Å². The van der Waals surface area contributed by atoms with Crippen LogP contribution >= 0.6 is 0 Å². The molecular weight excluding hydrogens is 320 g/mol. The van der Waals surface area contributed by atoms with E-state index in [1.54, 1.807) is 12.0 Å². The summed E-state index contributed by atoms with van der Waals surface area (Å²) in [5, 5.41) is 0.902. The van der Waals surface area contributed by atoms with E-state index in [4.69, 9.17) is 9.47 Å². The van der Waals surface area contributed by atoms with Crippen LogP contribution in [0.1, 0.15) is 28.9 Å². The zero-order chi connectivity index (χ0) is 18.0. The lowest BCUT2D eigenvalue weighted by Crippen LogP contribution is -2.40. The minimum absolute atomic E-state index is 0.0361. The van der Waals surface area contributed by atoms with Crippen LogP contribution in [-0.2, 0) is 9.53 Å². The van der Waals surface area contributed by atoms with E-state index in [2.05, 4.69) is 4.98 Å². The van der Waals surface area contributed by atoms with Crippen molar-refractivity contribution in [2.75, 3.05) is 27.3 Å². The van der Waals surface area contributed by atoms with Gasteiger partial charge in [-0.05, 0) is 38.0 Å². The van der Waals surface area contributed by atoms with Crippen LogP contribution < -0.4 is 4.74 Å². The van der Waals surface area contributed by atoms with Gasteiger partial charge >= 0.3 is 5.97 Å². The monoisotopic (exact) mass is 342 g/mol. The van der Waals surface area contributed by atoms with Crippen molar-refractivity contribution in [3.63, 3.8) is 0 Å². The summed E-state index contributed by atoms with van der Waals surface area (Å²) in [4.78, 5) is 30.8. The predicted molar refractivity (Wildman–Crippen MR) is 93.7 cm³/mol. The summed E-state index contributed by atoms with van der Waals surface area (Å²) in [6, 6.07) is 7.50. The van der Waals surface area contributed by atoms with Crippen molar-refractivity contribution in [2.45, 2.75) is 19.8 Å². The van der Waals surface area contributed by atoms with Crippen molar-refractivity contribution < 1.29 is 19.1 Å². The molecule has 25 heavy (non-hydrogen) atoms. The maximum Gasteiger partial charge on any atom is 0.308 e. The van der Waals surface area contributed by atoms with Gasteiger partial charge in [-0.15, -0.1) is 0 Å². The molecule has 0 saturated carbocycles. The van der Waals surface area contributed by atoms with E-state index in [0.717, 1.165) is 16.7 Å². The summed E-state index contributed by atoms with van der Waals surface area (Å²) in [6.07, 6.45) is 1.27. The van der Waals surface area contributed by atoms with E-state index < -0.39 is 0 Å². The minimum atomic E-state index is -0.190. The summed E-state index contributed by atoms with van der Waals surface area (Å²) in [5.41, 5.74) is 2.10. The van der Waals surface area contributed by atoms with Crippen molar-refractivity contribution in [1.29, 1.82) is 0 Å². The van der Waals surface area contributed by atoms with Gasteiger partial charge in [-0.1, -0.05) is 0 Å². The summed E-state index contributed by atoms with van der Waals surface area (Å²) >= 11 is 0. The Kier molecular flexibility index (Phi) is 4.88. The van der Waals surface area contributed by atoms with Crippen LogP contribution in [-0.4, -0.2) is 49.1 Å². The van der Waals surface area contributed by atoms with Crippen LogP contribution in [0.25, 0.3) is 10.9 Å². The molecule has 132 valence electrons. The molecule has 0 bridgehead atoms. The fourth-order valence-corrected chi connectivity index (χ4v) is 3.24. The van der Waals surface area contributed by atoms with Gasteiger partial charge in [-0.2, -0.15) is 0 Å². The zero-order valence-corrected chi connectivity index (χ0v) is 14.7. The largest absolute Gasteiger partial charge is 0.497 e. The number of pyridine rings is 1. The van der Waals surface area contributed by atoms with Crippen LogP contribution in [0.4, 0.5) is 0 Å². The number of hydrogen-bond donors (Lipinski definition) is 0. The van der Waals surface area contributed by atoms with Crippen molar-refractivity contribution in [1.82, 2.24) is 9.88 Å². The number of carbonyl (C=O) groups excluding carboxylic acids is 2. The van der Waals surface area contributed by atoms with Gasteiger partial charge in [-0.3, -0.25) is 14.6 Å². The molecule has 1 amide bonds. The van der Waals surface area contributed by atoms with Gasteiger partial charge in [0.15, 0.2) is 0 Å². The van der Waals surface area contributed by atoms with Crippen LogP contribution in [0.3, 0.4) is 0 Å². The fraction of sp³-hybridized carbons (Fsp3) is 0.421. The molecule has 3 rings (SSSR count). The number of benzene rings is 1. The van der Waals surface area contributed by atoms with E-state index in [1.165, 1.54) is 7.11 Å². The van der Waals surface area contributed by atoms with Crippen LogP contribution in [0, 0.1) is 12.8 Å². The lowest BCUT2D eigenvalue weighted by molar-refractivity contribution is -0.146. The first kappa shape index (κ1) is 17.2. The number of rotatable bonds is 3. The molecule has 1 aromatic heterocycles. The lowest BCUT2D eigenvalue weighted by Gasteiger charge is -2.31. The first-order valence-corrected chi connectivity index (χ1v) is 8.36. The van der Waals surface area contributed by atoms with Gasteiger partial charge < -0.3 is 14.4 Å². The number of carbonyl (C=O) groups is 2. The van der Waals surface area contributed by atoms with Gasteiger partial charge in [-0.25, -0.2) is 0 Å². The summed E-state index contributed by atoms with van der Waals surface area (Å²) in [7, 11) is 3.02. The third-order valence-corrected chi connectivity index (χ3v) is 4.76. The smallest absolute Gasteiger partial charge is 0.308 e. The Balaban J connectivity index is 1.80. The van der Waals surface area contributed by atoms with Crippen LogP contribution in [0.2, 0.25) is 0 Å². The van der Waals surface area contributed by atoms with E-state index in [0.29, 0.717) is 37.2 Å². The Morgan fingerprint density at radius 3 is 2.52 bits per heavy atom. The molecule has 0 spiro atoms.